The van der Waals surface area contributed by atoms with Gasteiger partial charge in [-0.05, 0) is 49.9 Å². The van der Waals surface area contributed by atoms with E-state index in [4.69, 9.17) is 13.9 Å². The Hall–Kier alpha value is -4.97. The molecule has 2 aliphatic heterocycles. The lowest BCUT2D eigenvalue weighted by Crippen LogP contribution is -2.60. The summed E-state index contributed by atoms with van der Waals surface area (Å²) in [5, 5.41) is 54.5. The lowest BCUT2D eigenvalue weighted by atomic mass is 9.78. The van der Waals surface area contributed by atoms with Crippen LogP contribution in [0.2, 0.25) is 0 Å². The fourth-order valence-electron chi connectivity index (χ4n) is 6.85. The Morgan fingerprint density at radius 2 is 1.64 bits per heavy atom. The second kappa shape index (κ2) is 8.07. The molecule has 1 fully saturated rings. The maximum atomic E-state index is 13.9. The highest BCUT2D eigenvalue weighted by Gasteiger charge is 2.63. The second-order valence-electron chi connectivity index (χ2n) is 11.3. The molecule has 12 heteroatoms. The number of nitrogens with zero attached hydrogens (tertiary/aromatic N) is 1. The van der Waals surface area contributed by atoms with Gasteiger partial charge in [-0.25, -0.2) is 4.79 Å². The molecule has 0 radical (unpaired) electrons. The molecule has 2 atom stereocenters. The topological polar surface area (TPSA) is 187 Å². The van der Waals surface area contributed by atoms with Crippen molar-refractivity contribution in [1.29, 1.82) is 0 Å². The van der Waals surface area contributed by atoms with Gasteiger partial charge >= 0.3 is 5.97 Å². The number of aliphatic hydroxyl groups excluding tert-OH is 1. The molecular formula is C30H25NO11. The first-order valence-electron chi connectivity index (χ1n) is 13.2. The molecule has 216 valence electrons. The van der Waals surface area contributed by atoms with Gasteiger partial charge in [0.05, 0.1) is 19.3 Å². The molecule has 42 heavy (non-hydrogen) atoms. The van der Waals surface area contributed by atoms with Crippen LogP contribution in [0, 0.1) is 0 Å². The smallest absolute Gasteiger partial charge is 0.336 e. The number of carbonyl (C=O) groups excluding carboxylic acids is 2. The number of ether oxygens (including phenoxy) is 2. The Balaban J connectivity index is 1.53. The van der Waals surface area contributed by atoms with Gasteiger partial charge in [0.15, 0.2) is 34.1 Å². The van der Waals surface area contributed by atoms with Crippen molar-refractivity contribution in [2.75, 3.05) is 13.7 Å². The molecule has 3 aromatic carbocycles. The zero-order chi connectivity index (χ0) is 30.0. The van der Waals surface area contributed by atoms with E-state index in [1.807, 2.05) is 0 Å². The minimum absolute atomic E-state index is 0.00444. The summed E-state index contributed by atoms with van der Waals surface area (Å²) < 4.78 is 16.5. The maximum Gasteiger partial charge on any atom is 0.336 e. The molecule has 3 aliphatic rings. The van der Waals surface area contributed by atoms with Crippen LogP contribution in [-0.2, 0) is 28.8 Å². The van der Waals surface area contributed by atoms with Gasteiger partial charge < -0.3 is 39.4 Å². The summed E-state index contributed by atoms with van der Waals surface area (Å²) in [5.41, 5.74) is -3.33. The van der Waals surface area contributed by atoms with Crippen LogP contribution < -0.4 is 10.2 Å². The Kier molecular flexibility index (Phi) is 4.99. The Morgan fingerprint density at radius 1 is 0.905 bits per heavy atom. The summed E-state index contributed by atoms with van der Waals surface area (Å²) in [6.45, 7) is 2.22. The van der Waals surface area contributed by atoms with Gasteiger partial charge in [0.2, 0.25) is 5.43 Å². The quantitative estimate of drug-likeness (QED) is 0.134. The van der Waals surface area contributed by atoms with E-state index >= 15 is 0 Å². The van der Waals surface area contributed by atoms with Crippen molar-refractivity contribution in [1.82, 2.24) is 4.90 Å². The maximum absolute atomic E-state index is 13.9. The van der Waals surface area contributed by atoms with Crippen molar-refractivity contribution in [3.8, 4) is 39.9 Å². The lowest BCUT2D eigenvalue weighted by molar-refractivity contribution is -0.151. The van der Waals surface area contributed by atoms with Crippen LogP contribution in [-0.4, -0.2) is 67.3 Å². The fourth-order valence-corrected chi connectivity index (χ4v) is 6.85. The third-order valence-corrected chi connectivity index (χ3v) is 8.81. The first kappa shape index (κ1) is 26.0. The van der Waals surface area contributed by atoms with E-state index in [9.17, 15) is 39.9 Å². The molecule has 0 saturated carbocycles. The SMILES string of the molecule is COc1ccc2oc3c(O)c4c(c(O)c3c(=O)c2c1O)-c1c(cc2c(c1O)C(=O)N1[C@@](C)(CO)C(=O)O[C@@]1(C)C2)CC4. The number of esters is 1. The predicted octanol–water partition coefficient (Wildman–Crippen LogP) is 2.57. The number of hydrogen-bond donors (Lipinski definition) is 5. The average molecular weight is 576 g/mol. The van der Waals surface area contributed by atoms with Crippen LogP contribution in [0.4, 0.5) is 0 Å². The number of aromatic hydroxyl groups is 4. The van der Waals surface area contributed by atoms with E-state index in [0.717, 1.165) is 4.90 Å². The largest absolute Gasteiger partial charge is 0.506 e. The summed E-state index contributed by atoms with van der Waals surface area (Å²) >= 11 is 0. The van der Waals surface area contributed by atoms with E-state index in [1.54, 1.807) is 13.0 Å². The number of aliphatic hydroxyl groups is 1. The van der Waals surface area contributed by atoms with Crippen LogP contribution in [0.25, 0.3) is 33.1 Å². The van der Waals surface area contributed by atoms with E-state index < -0.39 is 63.6 Å². The molecule has 4 aromatic rings. The Bertz CT molecular complexity index is 2010. The number of phenols is 4. The second-order valence-corrected chi connectivity index (χ2v) is 11.3. The molecule has 1 amide bonds. The first-order chi connectivity index (χ1) is 19.9. The third kappa shape index (κ3) is 2.91. The van der Waals surface area contributed by atoms with Crippen LogP contribution in [0.1, 0.15) is 40.9 Å². The predicted molar refractivity (Wildman–Crippen MR) is 146 cm³/mol. The highest BCUT2D eigenvalue weighted by atomic mass is 16.6. The fraction of sp³-hybridized carbons (Fsp3) is 0.300. The normalized spacial score (nSPS) is 22.5. The minimum Gasteiger partial charge on any atom is -0.506 e. The monoisotopic (exact) mass is 575 g/mol. The van der Waals surface area contributed by atoms with Crippen LogP contribution in [0.3, 0.4) is 0 Å². The summed E-state index contributed by atoms with van der Waals surface area (Å²) in [6, 6.07) is 4.46. The summed E-state index contributed by atoms with van der Waals surface area (Å²) in [4.78, 5) is 41.4. The van der Waals surface area contributed by atoms with Gasteiger partial charge in [-0.2, -0.15) is 0 Å². The molecule has 0 bridgehead atoms. The van der Waals surface area contributed by atoms with Crippen molar-refractivity contribution in [2.45, 2.75) is 44.4 Å². The Labute approximate surface area is 236 Å². The van der Waals surface area contributed by atoms with Crippen molar-refractivity contribution in [3.63, 3.8) is 0 Å². The van der Waals surface area contributed by atoms with Gasteiger partial charge in [-0.3, -0.25) is 14.5 Å². The van der Waals surface area contributed by atoms with Crippen molar-refractivity contribution in [3.05, 3.63) is 50.7 Å². The zero-order valence-corrected chi connectivity index (χ0v) is 22.7. The number of rotatable bonds is 2. The number of fused-ring (bicyclic) bond motifs is 7. The summed E-state index contributed by atoms with van der Waals surface area (Å²) in [7, 11) is 1.31. The molecule has 1 aliphatic carbocycles. The molecule has 3 heterocycles. The van der Waals surface area contributed by atoms with Crippen molar-refractivity contribution in [2.24, 2.45) is 0 Å². The molecular weight excluding hydrogens is 550 g/mol. The number of carbonyl (C=O) groups is 2. The van der Waals surface area contributed by atoms with Gasteiger partial charge in [0.25, 0.3) is 5.91 Å². The first-order valence-corrected chi connectivity index (χ1v) is 13.2. The number of amides is 1. The van der Waals surface area contributed by atoms with E-state index in [-0.39, 0.29) is 57.4 Å². The molecule has 1 aromatic heterocycles. The zero-order valence-electron chi connectivity index (χ0n) is 22.7. The standard InChI is InChI=1S/C30H25NO11/c1-29(10-32)28(39)42-30(2)9-12-8-11-4-5-13-18(16(11)23(35)17(12)27(38)31(29)30)24(36)20-25(37)19-14(41-26(20)21(13)33)6-7-15(40-3)22(19)34/h6-8,32-36H,4-5,9-10H2,1-3H3/t29-,30-/m0/s1. The van der Waals surface area contributed by atoms with E-state index in [1.165, 1.54) is 26.2 Å². The van der Waals surface area contributed by atoms with E-state index in [2.05, 4.69) is 0 Å². The number of aryl methyl sites for hydroxylation is 1. The molecule has 5 N–H and O–H groups in total. The average Bonchev–Trinajstić information content (AvgIpc) is 3.15. The van der Waals surface area contributed by atoms with E-state index in [0.29, 0.717) is 17.5 Å². The molecule has 1 saturated heterocycles. The summed E-state index contributed by atoms with van der Waals surface area (Å²) in [5.74, 6) is -3.62. The third-order valence-electron chi connectivity index (χ3n) is 8.81. The summed E-state index contributed by atoms with van der Waals surface area (Å²) in [6.07, 6.45) is 0.523. The van der Waals surface area contributed by atoms with Gasteiger partial charge in [-0.1, -0.05) is 6.07 Å². The lowest BCUT2D eigenvalue weighted by Gasteiger charge is -2.43. The molecule has 7 rings (SSSR count). The number of hydrogen-bond acceptors (Lipinski definition) is 11. The highest BCUT2D eigenvalue weighted by molar-refractivity contribution is 6.09. The van der Waals surface area contributed by atoms with Crippen molar-refractivity contribution >= 4 is 33.8 Å². The van der Waals surface area contributed by atoms with Crippen LogP contribution in [0.15, 0.2) is 27.4 Å². The minimum atomic E-state index is -1.69. The Morgan fingerprint density at radius 3 is 2.33 bits per heavy atom. The number of methoxy groups -OCH3 is 1. The van der Waals surface area contributed by atoms with Gasteiger partial charge in [0, 0.05) is 23.1 Å². The van der Waals surface area contributed by atoms with Crippen molar-refractivity contribution < 1.29 is 49.0 Å². The molecule has 12 nitrogen and oxygen atoms in total. The van der Waals surface area contributed by atoms with Crippen LogP contribution in [0.5, 0.6) is 28.7 Å². The van der Waals surface area contributed by atoms with Gasteiger partial charge in [-0.15, -0.1) is 0 Å². The van der Waals surface area contributed by atoms with Gasteiger partial charge in [0.1, 0.15) is 27.9 Å². The number of phenolic OH excluding ortho intramolecular Hbond substituents is 4. The number of benzene rings is 3. The van der Waals surface area contributed by atoms with Crippen LogP contribution >= 0.6 is 0 Å². The highest BCUT2D eigenvalue weighted by Crippen LogP contribution is 2.55. The molecule has 0 spiro atoms. The molecule has 0 unspecified atom stereocenters.